The van der Waals surface area contributed by atoms with E-state index in [0.29, 0.717) is 29.9 Å². The summed E-state index contributed by atoms with van der Waals surface area (Å²) in [5.74, 6) is -0.722. The summed E-state index contributed by atoms with van der Waals surface area (Å²) in [6, 6.07) is -0.897. The summed E-state index contributed by atoms with van der Waals surface area (Å²) in [5.41, 5.74) is 12.1. The van der Waals surface area contributed by atoms with Gasteiger partial charge in [0.2, 0.25) is 0 Å². The molecule has 0 saturated heterocycles. The highest BCUT2D eigenvalue weighted by Crippen LogP contribution is 2.14. The Morgan fingerprint density at radius 2 is 2.24 bits per heavy atom. The van der Waals surface area contributed by atoms with Gasteiger partial charge in [0.25, 0.3) is 0 Å². The zero-order valence-corrected chi connectivity index (χ0v) is 8.95. The van der Waals surface area contributed by atoms with Gasteiger partial charge in [0.15, 0.2) is 11.5 Å². The van der Waals surface area contributed by atoms with Gasteiger partial charge in [-0.1, -0.05) is 0 Å². The minimum atomic E-state index is -1.02. The molecule has 0 aliphatic rings. The molecule has 0 saturated carbocycles. The Morgan fingerprint density at radius 3 is 2.94 bits per heavy atom. The molecule has 0 radical (unpaired) electrons. The Morgan fingerprint density at radius 1 is 1.47 bits per heavy atom. The molecule has 0 spiro atoms. The molecule has 0 aliphatic carbocycles. The Bertz CT molecular complexity index is 551. The van der Waals surface area contributed by atoms with Crippen LogP contribution in [0.2, 0.25) is 0 Å². The molecule has 1 atom stereocenters. The molecule has 90 valence electrons. The third-order valence-corrected chi connectivity index (χ3v) is 2.43. The fraction of sp³-hybridized carbons (Fsp3) is 0.333. The number of hydrogen-bond acceptors (Lipinski definition) is 6. The average molecular weight is 236 g/mol. The van der Waals surface area contributed by atoms with Gasteiger partial charge in [-0.2, -0.15) is 0 Å². The van der Waals surface area contributed by atoms with Crippen LogP contribution in [0.3, 0.4) is 0 Å². The lowest BCUT2D eigenvalue weighted by Gasteiger charge is -2.07. The van der Waals surface area contributed by atoms with E-state index in [4.69, 9.17) is 16.6 Å². The third kappa shape index (κ3) is 2.16. The zero-order valence-electron chi connectivity index (χ0n) is 8.95. The third-order valence-electron chi connectivity index (χ3n) is 2.43. The van der Waals surface area contributed by atoms with Gasteiger partial charge in [0.05, 0.1) is 6.33 Å². The lowest BCUT2D eigenvalue weighted by molar-refractivity contribution is -0.138. The van der Waals surface area contributed by atoms with Crippen molar-refractivity contribution in [2.45, 2.75) is 19.0 Å². The molecule has 0 aromatic carbocycles. The summed E-state index contributed by atoms with van der Waals surface area (Å²) in [7, 11) is 0. The fourth-order valence-electron chi connectivity index (χ4n) is 1.46. The van der Waals surface area contributed by atoms with E-state index in [-0.39, 0.29) is 0 Å². The van der Waals surface area contributed by atoms with Crippen LogP contribution in [0.4, 0.5) is 5.82 Å². The Kier molecular flexibility index (Phi) is 2.88. The maximum Gasteiger partial charge on any atom is 0.320 e. The largest absolute Gasteiger partial charge is 0.480 e. The van der Waals surface area contributed by atoms with E-state index in [1.165, 1.54) is 6.33 Å². The van der Waals surface area contributed by atoms with E-state index in [9.17, 15) is 4.79 Å². The highest BCUT2D eigenvalue weighted by Gasteiger charge is 2.13. The number of carboxylic acid groups (broad SMARTS) is 1. The molecule has 2 aromatic heterocycles. The number of nitrogens with two attached hydrogens (primary N) is 2. The van der Waals surface area contributed by atoms with Crippen LogP contribution in [0.1, 0.15) is 6.42 Å². The van der Waals surface area contributed by atoms with Crippen molar-refractivity contribution in [1.82, 2.24) is 19.5 Å². The summed E-state index contributed by atoms with van der Waals surface area (Å²) in [6.45, 7) is 0.417. The Hall–Kier alpha value is -2.22. The molecule has 1 unspecified atom stereocenters. The number of carboxylic acids is 1. The van der Waals surface area contributed by atoms with Crippen LogP contribution in [0.25, 0.3) is 11.2 Å². The maximum absolute atomic E-state index is 10.6. The Balaban J connectivity index is 2.20. The second kappa shape index (κ2) is 4.34. The molecule has 0 aliphatic heterocycles. The van der Waals surface area contributed by atoms with Crippen molar-refractivity contribution < 1.29 is 9.90 Å². The summed E-state index contributed by atoms with van der Waals surface area (Å²) >= 11 is 0. The zero-order chi connectivity index (χ0) is 12.4. The first-order valence-electron chi connectivity index (χ1n) is 4.99. The van der Waals surface area contributed by atoms with Crippen molar-refractivity contribution in [2.75, 3.05) is 5.73 Å². The van der Waals surface area contributed by atoms with Gasteiger partial charge in [-0.3, -0.25) is 4.79 Å². The van der Waals surface area contributed by atoms with Crippen molar-refractivity contribution in [1.29, 1.82) is 0 Å². The van der Waals surface area contributed by atoms with Crippen LogP contribution in [-0.4, -0.2) is 36.6 Å². The number of fused-ring (bicyclic) bond motifs is 1. The number of hydrogen-bond donors (Lipinski definition) is 3. The smallest absolute Gasteiger partial charge is 0.320 e. The van der Waals surface area contributed by atoms with E-state index >= 15 is 0 Å². The van der Waals surface area contributed by atoms with E-state index < -0.39 is 12.0 Å². The summed E-state index contributed by atoms with van der Waals surface area (Å²) < 4.78 is 1.70. The van der Waals surface area contributed by atoms with Crippen LogP contribution in [0, 0.1) is 0 Å². The topological polar surface area (TPSA) is 133 Å². The van der Waals surface area contributed by atoms with E-state index in [1.54, 1.807) is 10.9 Å². The van der Waals surface area contributed by atoms with Gasteiger partial charge < -0.3 is 21.1 Å². The predicted molar refractivity (Wildman–Crippen MR) is 60.0 cm³/mol. The second-order valence-electron chi connectivity index (χ2n) is 3.60. The van der Waals surface area contributed by atoms with Gasteiger partial charge in [-0.25, -0.2) is 15.0 Å². The molecule has 2 rings (SSSR count). The average Bonchev–Trinajstić information content (AvgIpc) is 2.70. The predicted octanol–water partition coefficient (Wildman–Crippen LogP) is -0.789. The van der Waals surface area contributed by atoms with Gasteiger partial charge in [-0.05, 0) is 6.42 Å². The molecule has 0 amide bonds. The highest BCUT2D eigenvalue weighted by atomic mass is 16.4. The number of anilines is 1. The number of rotatable bonds is 4. The number of aromatic nitrogens is 4. The van der Waals surface area contributed by atoms with Crippen molar-refractivity contribution in [2.24, 2.45) is 5.73 Å². The summed E-state index contributed by atoms with van der Waals surface area (Å²) in [6.07, 6.45) is 3.18. The Labute approximate surface area is 96.3 Å². The molecule has 8 nitrogen and oxygen atoms in total. The molecular formula is C9H12N6O2. The molecule has 0 fully saturated rings. The summed E-state index contributed by atoms with van der Waals surface area (Å²) in [5, 5.41) is 8.67. The molecule has 8 heteroatoms. The van der Waals surface area contributed by atoms with Crippen LogP contribution in [0.15, 0.2) is 12.7 Å². The minimum Gasteiger partial charge on any atom is -0.480 e. The number of aliphatic carboxylic acids is 1. The monoisotopic (exact) mass is 236 g/mol. The first kappa shape index (κ1) is 11.3. The molecule has 17 heavy (non-hydrogen) atoms. The molecule has 0 bridgehead atoms. The van der Waals surface area contributed by atoms with Crippen molar-refractivity contribution in [3.8, 4) is 0 Å². The van der Waals surface area contributed by atoms with Crippen molar-refractivity contribution in [3.63, 3.8) is 0 Å². The van der Waals surface area contributed by atoms with Crippen LogP contribution in [-0.2, 0) is 11.3 Å². The summed E-state index contributed by atoms with van der Waals surface area (Å²) in [4.78, 5) is 22.5. The number of nitrogens with zero attached hydrogens (tertiary/aromatic N) is 4. The fourth-order valence-corrected chi connectivity index (χ4v) is 1.46. The van der Waals surface area contributed by atoms with E-state index in [0.717, 1.165) is 0 Å². The first-order valence-corrected chi connectivity index (χ1v) is 4.99. The van der Waals surface area contributed by atoms with Crippen molar-refractivity contribution in [3.05, 3.63) is 12.7 Å². The van der Waals surface area contributed by atoms with Crippen LogP contribution in [0.5, 0.6) is 0 Å². The lowest BCUT2D eigenvalue weighted by Crippen LogP contribution is -2.31. The van der Waals surface area contributed by atoms with Gasteiger partial charge in [0, 0.05) is 6.54 Å². The van der Waals surface area contributed by atoms with Gasteiger partial charge in [-0.15, -0.1) is 0 Å². The molecular weight excluding hydrogens is 224 g/mol. The number of nitrogen functional groups attached to an aromatic ring is 1. The van der Waals surface area contributed by atoms with E-state index in [1.807, 2.05) is 0 Å². The van der Waals surface area contributed by atoms with Crippen molar-refractivity contribution >= 4 is 23.0 Å². The maximum atomic E-state index is 10.6. The minimum absolute atomic E-state index is 0.296. The second-order valence-corrected chi connectivity index (χ2v) is 3.60. The molecule has 2 aromatic rings. The van der Waals surface area contributed by atoms with Crippen LogP contribution < -0.4 is 11.5 Å². The lowest BCUT2D eigenvalue weighted by atomic mass is 10.2. The molecule has 2 heterocycles. The number of aryl methyl sites for hydroxylation is 1. The first-order chi connectivity index (χ1) is 8.09. The normalized spacial score (nSPS) is 12.8. The number of imidazole rings is 1. The number of carbonyl (C=O) groups is 1. The molecule has 5 N–H and O–H groups in total. The van der Waals surface area contributed by atoms with Crippen LogP contribution >= 0.6 is 0 Å². The highest BCUT2D eigenvalue weighted by molar-refractivity contribution is 5.81. The van der Waals surface area contributed by atoms with Gasteiger partial charge in [0.1, 0.15) is 17.9 Å². The van der Waals surface area contributed by atoms with E-state index in [2.05, 4.69) is 15.0 Å². The SMILES string of the molecule is Nc1ncnc2c1ncn2CCC(N)C(=O)O. The van der Waals surface area contributed by atoms with Gasteiger partial charge >= 0.3 is 5.97 Å². The quantitative estimate of drug-likeness (QED) is 0.633. The standard InChI is InChI=1S/C9H12N6O2/c10-5(9(16)17)1-2-15-4-14-6-7(11)12-3-13-8(6)15/h3-5H,1-2,10H2,(H,16,17)(H2,11,12,13).